The van der Waals surface area contributed by atoms with Crippen LogP contribution >= 0.6 is 23.7 Å². The maximum absolute atomic E-state index is 11.9. The Bertz CT molecular complexity index is 1410. The van der Waals surface area contributed by atoms with Crippen molar-refractivity contribution in [3.05, 3.63) is 70.6 Å². The van der Waals surface area contributed by atoms with Gasteiger partial charge in [-0.25, -0.2) is 13.4 Å². The number of aryl methyl sites for hydroxylation is 2. The average molecular weight is 484 g/mol. The number of halogens is 1. The zero-order valence-corrected chi connectivity index (χ0v) is 20.8. The molecule has 2 aromatic carbocycles. The molecule has 0 amide bonds. The van der Waals surface area contributed by atoms with Crippen LogP contribution in [0, 0.1) is 12.8 Å². The summed E-state index contributed by atoms with van der Waals surface area (Å²) in [5, 5.41) is 1.30. The lowest BCUT2D eigenvalue weighted by Crippen LogP contribution is -2.08. The van der Waals surface area contributed by atoms with E-state index in [1.807, 2.05) is 23.5 Å². The van der Waals surface area contributed by atoms with Crippen molar-refractivity contribution in [2.75, 3.05) is 6.26 Å². The van der Waals surface area contributed by atoms with Crippen LogP contribution in [-0.2, 0) is 22.7 Å². The van der Waals surface area contributed by atoms with E-state index in [0.717, 1.165) is 28.9 Å². The lowest BCUT2D eigenvalue weighted by molar-refractivity contribution is 0.509. The van der Waals surface area contributed by atoms with Crippen LogP contribution in [0.5, 0.6) is 0 Å². The van der Waals surface area contributed by atoms with Gasteiger partial charge in [0, 0.05) is 22.1 Å². The van der Waals surface area contributed by atoms with Gasteiger partial charge >= 0.3 is 0 Å². The van der Waals surface area contributed by atoms with E-state index in [2.05, 4.69) is 44.2 Å². The van der Waals surface area contributed by atoms with Gasteiger partial charge in [-0.3, -0.25) is 0 Å². The predicted molar refractivity (Wildman–Crippen MR) is 137 cm³/mol. The minimum Gasteiger partial charge on any atom is -0.237 e. The van der Waals surface area contributed by atoms with Gasteiger partial charge in [0.15, 0.2) is 9.84 Å². The largest absolute Gasteiger partial charge is 0.237 e. The van der Waals surface area contributed by atoms with E-state index in [4.69, 9.17) is 4.98 Å². The number of pyridine rings is 1. The molecule has 0 saturated heterocycles. The third kappa shape index (κ3) is 4.21. The normalized spacial score (nSPS) is 15.9. The van der Waals surface area contributed by atoms with Crippen LogP contribution in [0.4, 0.5) is 0 Å². The lowest BCUT2D eigenvalue weighted by Gasteiger charge is -2.18. The third-order valence-corrected chi connectivity index (χ3v) is 8.45. The Kier molecular flexibility index (Phi) is 6.19. The summed E-state index contributed by atoms with van der Waals surface area (Å²) in [7, 11) is -3.22. The summed E-state index contributed by atoms with van der Waals surface area (Å²) in [5.74, 6) is 0.714. The van der Waals surface area contributed by atoms with Gasteiger partial charge in [0.25, 0.3) is 0 Å². The molecule has 0 bridgehead atoms. The predicted octanol–water partition coefficient (Wildman–Crippen LogP) is 6.89. The summed E-state index contributed by atoms with van der Waals surface area (Å²) in [6, 6.07) is 17.9. The first-order valence-corrected chi connectivity index (χ1v) is 13.3. The van der Waals surface area contributed by atoms with Gasteiger partial charge in [0.2, 0.25) is 0 Å². The molecule has 0 N–H and O–H groups in total. The molecule has 0 fully saturated rings. The van der Waals surface area contributed by atoms with Crippen molar-refractivity contribution in [1.29, 1.82) is 0 Å². The van der Waals surface area contributed by atoms with Crippen LogP contribution in [-0.4, -0.2) is 19.7 Å². The molecule has 1 aliphatic carbocycles. The Hall–Kier alpha value is -2.21. The quantitative estimate of drug-likeness (QED) is 0.318. The molecule has 0 saturated carbocycles. The van der Waals surface area contributed by atoms with Gasteiger partial charge in [-0.1, -0.05) is 48.9 Å². The van der Waals surface area contributed by atoms with E-state index in [-0.39, 0.29) is 12.4 Å². The zero-order valence-electron chi connectivity index (χ0n) is 18.4. The highest BCUT2D eigenvalue weighted by Gasteiger charge is 2.24. The number of sulfone groups is 1. The second kappa shape index (κ2) is 8.62. The van der Waals surface area contributed by atoms with Gasteiger partial charge in [-0.2, -0.15) is 0 Å². The van der Waals surface area contributed by atoms with Gasteiger partial charge in [0.05, 0.1) is 10.6 Å². The first kappa shape index (κ1) is 23.0. The van der Waals surface area contributed by atoms with Gasteiger partial charge < -0.3 is 0 Å². The highest BCUT2D eigenvalue weighted by Crippen LogP contribution is 2.43. The summed E-state index contributed by atoms with van der Waals surface area (Å²) in [6.07, 6.45) is 4.70. The second-order valence-corrected chi connectivity index (χ2v) is 11.9. The molecule has 166 valence electrons. The first-order valence-electron chi connectivity index (χ1n) is 10.6. The molecule has 1 atom stereocenters. The van der Waals surface area contributed by atoms with Crippen LogP contribution in [0.2, 0.25) is 0 Å². The number of thiophene rings is 1. The Morgan fingerprint density at radius 3 is 2.47 bits per heavy atom. The van der Waals surface area contributed by atoms with Crippen molar-refractivity contribution in [3.63, 3.8) is 0 Å². The topological polar surface area (TPSA) is 47.0 Å². The number of aromatic nitrogens is 1. The second-order valence-electron chi connectivity index (χ2n) is 8.75. The fourth-order valence-electron chi connectivity index (χ4n) is 4.50. The van der Waals surface area contributed by atoms with Crippen LogP contribution < -0.4 is 0 Å². The summed E-state index contributed by atoms with van der Waals surface area (Å²) in [6.45, 7) is 4.45. The zero-order chi connectivity index (χ0) is 21.8. The Balaban J connectivity index is 0.00000245. The minimum atomic E-state index is -3.22. The molecule has 4 aromatic rings. The smallest absolute Gasteiger partial charge is 0.175 e. The van der Waals surface area contributed by atoms with E-state index in [1.165, 1.54) is 45.2 Å². The molecule has 0 radical (unpaired) electrons. The molecule has 32 heavy (non-hydrogen) atoms. The van der Waals surface area contributed by atoms with Crippen molar-refractivity contribution in [2.45, 2.75) is 38.0 Å². The van der Waals surface area contributed by atoms with Gasteiger partial charge in [0.1, 0.15) is 4.83 Å². The number of nitrogens with zero attached hydrogens (tertiary/aromatic N) is 1. The number of hydrogen-bond donors (Lipinski definition) is 0. The van der Waals surface area contributed by atoms with Crippen LogP contribution in [0.25, 0.3) is 32.6 Å². The number of rotatable bonds is 3. The van der Waals surface area contributed by atoms with Crippen molar-refractivity contribution >= 4 is 43.8 Å². The highest BCUT2D eigenvalue weighted by atomic mass is 35.5. The summed E-state index contributed by atoms with van der Waals surface area (Å²) in [4.78, 5) is 7.93. The van der Waals surface area contributed by atoms with E-state index < -0.39 is 9.84 Å². The molecule has 3 nitrogen and oxygen atoms in total. The van der Waals surface area contributed by atoms with Crippen molar-refractivity contribution in [3.8, 4) is 22.4 Å². The van der Waals surface area contributed by atoms with Crippen molar-refractivity contribution in [1.82, 2.24) is 4.98 Å². The molecule has 2 aromatic heterocycles. The third-order valence-electron chi connectivity index (χ3n) is 6.17. The van der Waals surface area contributed by atoms with Crippen LogP contribution in [0.1, 0.15) is 29.3 Å². The van der Waals surface area contributed by atoms with E-state index in [0.29, 0.717) is 10.8 Å². The van der Waals surface area contributed by atoms with Crippen LogP contribution in [0.3, 0.4) is 0 Å². The SMILES string of the molecule is Cc1cccc(-c2cc(-c3ccc(S(C)(=O)=O)cc3)nc3sc4c(c23)CCC(C)C4)c1.Cl. The van der Waals surface area contributed by atoms with Crippen molar-refractivity contribution in [2.24, 2.45) is 5.92 Å². The Morgan fingerprint density at radius 2 is 1.78 bits per heavy atom. The summed E-state index contributed by atoms with van der Waals surface area (Å²) in [5.41, 5.74) is 6.96. The highest BCUT2D eigenvalue weighted by molar-refractivity contribution is 7.90. The maximum Gasteiger partial charge on any atom is 0.175 e. The molecule has 6 heteroatoms. The minimum absolute atomic E-state index is 0. The molecule has 1 aliphatic rings. The van der Waals surface area contributed by atoms with E-state index in [1.54, 1.807) is 12.1 Å². The molecule has 5 rings (SSSR count). The van der Waals surface area contributed by atoms with E-state index in [9.17, 15) is 8.42 Å². The molecule has 2 heterocycles. The fraction of sp³-hybridized carbons (Fsp3) is 0.269. The lowest BCUT2D eigenvalue weighted by atomic mass is 9.87. The number of fused-ring (bicyclic) bond motifs is 3. The monoisotopic (exact) mass is 483 g/mol. The first-order chi connectivity index (χ1) is 14.8. The number of benzene rings is 2. The molecular formula is C26H26ClNO2S2. The van der Waals surface area contributed by atoms with Gasteiger partial charge in [-0.15, -0.1) is 23.7 Å². The molecular weight excluding hydrogens is 458 g/mol. The van der Waals surface area contributed by atoms with Gasteiger partial charge in [-0.05, 0) is 67.0 Å². The van der Waals surface area contributed by atoms with E-state index >= 15 is 0 Å². The maximum atomic E-state index is 11.9. The Morgan fingerprint density at radius 1 is 1.03 bits per heavy atom. The fourth-order valence-corrected chi connectivity index (χ4v) is 6.54. The van der Waals surface area contributed by atoms with Crippen LogP contribution in [0.15, 0.2) is 59.5 Å². The summed E-state index contributed by atoms with van der Waals surface area (Å²) < 4.78 is 23.7. The average Bonchev–Trinajstić information content (AvgIpc) is 3.10. The standard InChI is InChI=1S/C26H25NO2S2.ClH/c1-16-5-4-6-19(13-16)22-15-23(18-8-10-20(11-9-18)31(3,28)29)27-26-25(22)21-12-7-17(2)14-24(21)30-26;/h4-6,8-11,13,15,17H,7,12,14H2,1-3H3;1H. The molecule has 0 spiro atoms. The van der Waals surface area contributed by atoms with Crippen molar-refractivity contribution < 1.29 is 8.42 Å². The summed E-state index contributed by atoms with van der Waals surface area (Å²) >= 11 is 1.83. The molecule has 0 aliphatic heterocycles. The Labute approximate surface area is 199 Å². The molecule has 1 unspecified atom stereocenters. The number of hydrogen-bond acceptors (Lipinski definition) is 4.